The number of ether oxygens (including phenoxy) is 1. The second-order valence-electron chi connectivity index (χ2n) is 3.89. The van der Waals surface area contributed by atoms with Gasteiger partial charge in [-0.15, -0.1) is 0 Å². The molecule has 17 heavy (non-hydrogen) atoms. The van der Waals surface area contributed by atoms with Crippen molar-refractivity contribution in [2.75, 3.05) is 43.1 Å². The molecule has 1 aromatic heterocycles. The van der Waals surface area contributed by atoms with E-state index in [9.17, 15) is 4.39 Å². The summed E-state index contributed by atoms with van der Waals surface area (Å²) in [4.78, 5) is 10.0. The molecule has 0 spiro atoms. The second-order valence-corrected chi connectivity index (χ2v) is 3.89. The third-order valence-electron chi connectivity index (χ3n) is 2.57. The van der Waals surface area contributed by atoms with Gasteiger partial charge in [-0.2, -0.15) is 4.98 Å². The molecular weight excluding hydrogens is 223 g/mol. The molecular formula is C11H17FN4O. The molecule has 1 fully saturated rings. The van der Waals surface area contributed by atoms with Crippen LogP contribution in [0.2, 0.25) is 0 Å². The molecule has 0 unspecified atom stereocenters. The van der Waals surface area contributed by atoms with Gasteiger partial charge in [0.25, 0.3) is 0 Å². The second kappa shape index (κ2) is 5.77. The zero-order chi connectivity index (χ0) is 12.1. The number of anilines is 2. The van der Waals surface area contributed by atoms with Crippen LogP contribution in [0.3, 0.4) is 0 Å². The fourth-order valence-electron chi connectivity index (χ4n) is 1.68. The van der Waals surface area contributed by atoms with Crippen molar-refractivity contribution in [3.05, 3.63) is 12.0 Å². The van der Waals surface area contributed by atoms with Crippen LogP contribution in [0.4, 0.5) is 16.2 Å². The number of aromatic nitrogens is 2. The van der Waals surface area contributed by atoms with E-state index in [1.807, 2.05) is 4.90 Å². The van der Waals surface area contributed by atoms with Crippen LogP contribution in [0.5, 0.6) is 0 Å². The van der Waals surface area contributed by atoms with Crippen LogP contribution in [0.1, 0.15) is 13.3 Å². The molecule has 2 heterocycles. The van der Waals surface area contributed by atoms with Gasteiger partial charge in [0.15, 0.2) is 11.6 Å². The van der Waals surface area contributed by atoms with E-state index in [2.05, 4.69) is 22.2 Å². The first kappa shape index (κ1) is 12.0. The molecule has 0 amide bonds. The van der Waals surface area contributed by atoms with E-state index in [4.69, 9.17) is 4.74 Å². The third kappa shape index (κ3) is 3.03. The summed E-state index contributed by atoms with van der Waals surface area (Å²) in [6.07, 6.45) is 2.20. The normalized spacial score (nSPS) is 16.0. The lowest BCUT2D eigenvalue weighted by molar-refractivity contribution is 0.122. The molecule has 0 atom stereocenters. The molecule has 0 aromatic carbocycles. The Hall–Kier alpha value is -1.43. The molecule has 1 aromatic rings. The first-order valence-electron chi connectivity index (χ1n) is 5.90. The lowest BCUT2D eigenvalue weighted by atomic mass is 10.4. The lowest BCUT2D eigenvalue weighted by Crippen LogP contribution is -2.37. The Kier molecular flexibility index (Phi) is 4.08. The maximum absolute atomic E-state index is 13.6. The summed E-state index contributed by atoms with van der Waals surface area (Å²) in [5, 5.41) is 3.05. The number of hydrogen-bond acceptors (Lipinski definition) is 5. The molecule has 5 nitrogen and oxygen atoms in total. The van der Waals surface area contributed by atoms with E-state index < -0.39 is 0 Å². The Balaban J connectivity index is 2.13. The zero-order valence-corrected chi connectivity index (χ0v) is 9.95. The van der Waals surface area contributed by atoms with Crippen LogP contribution < -0.4 is 10.2 Å². The highest BCUT2D eigenvalue weighted by Gasteiger charge is 2.17. The van der Waals surface area contributed by atoms with Crippen molar-refractivity contribution >= 4 is 11.8 Å². The smallest absolute Gasteiger partial charge is 0.224 e. The lowest BCUT2D eigenvalue weighted by Gasteiger charge is -2.28. The van der Waals surface area contributed by atoms with Crippen molar-refractivity contribution in [3.63, 3.8) is 0 Å². The number of nitrogens with one attached hydrogen (secondary N) is 1. The van der Waals surface area contributed by atoms with E-state index in [-0.39, 0.29) is 5.82 Å². The van der Waals surface area contributed by atoms with Crippen LogP contribution in [0.25, 0.3) is 0 Å². The van der Waals surface area contributed by atoms with Crippen LogP contribution in [0, 0.1) is 5.82 Å². The minimum absolute atomic E-state index is 0.363. The van der Waals surface area contributed by atoms with Gasteiger partial charge in [-0.05, 0) is 6.42 Å². The van der Waals surface area contributed by atoms with Gasteiger partial charge in [0.2, 0.25) is 5.95 Å². The zero-order valence-electron chi connectivity index (χ0n) is 9.95. The summed E-state index contributed by atoms with van der Waals surface area (Å²) in [5.74, 6) is 0.464. The Labute approximate surface area is 100 Å². The van der Waals surface area contributed by atoms with Crippen LogP contribution in [-0.2, 0) is 4.74 Å². The maximum Gasteiger partial charge on any atom is 0.224 e. The van der Waals surface area contributed by atoms with Crippen LogP contribution in [-0.4, -0.2) is 42.8 Å². The molecule has 0 bridgehead atoms. The van der Waals surface area contributed by atoms with Gasteiger partial charge in [0.05, 0.1) is 19.4 Å². The number of nitrogens with zero attached hydrogens (tertiary/aromatic N) is 3. The van der Waals surface area contributed by atoms with Crippen molar-refractivity contribution in [2.24, 2.45) is 0 Å². The first-order chi connectivity index (χ1) is 8.31. The van der Waals surface area contributed by atoms with Crippen LogP contribution >= 0.6 is 0 Å². The fourth-order valence-corrected chi connectivity index (χ4v) is 1.68. The van der Waals surface area contributed by atoms with E-state index in [0.29, 0.717) is 38.1 Å². The molecule has 1 saturated heterocycles. The minimum Gasteiger partial charge on any atom is -0.378 e. The highest BCUT2D eigenvalue weighted by Crippen LogP contribution is 2.18. The van der Waals surface area contributed by atoms with E-state index in [0.717, 1.165) is 13.0 Å². The fraction of sp³-hybridized carbons (Fsp3) is 0.636. The Morgan fingerprint density at radius 2 is 2.24 bits per heavy atom. The Morgan fingerprint density at radius 3 is 2.94 bits per heavy atom. The SMILES string of the molecule is CCCNc1ncc(F)c(N2CCOCC2)n1. The standard InChI is InChI=1S/C11H17FN4O/c1-2-3-13-11-14-8-9(12)10(15-11)16-4-6-17-7-5-16/h8H,2-7H2,1H3,(H,13,14,15). The summed E-state index contributed by atoms with van der Waals surface area (Å²) in [7, 11) is 0. The predicted octanol–water partition coefficient (Wildman–Crippen LogP) is 1.27. The number of halogens is 1. The molecule has 94 valence electrons. The number of rotatable bonds is 4. The van der Waals surface area contributed by atoms with Gasteiger partial charge >= 0.3 is 0 Å². The summed E-state index contributed by atoms with van der Waals surface area (Å²) in [5.41, 5.74) is 0. The van der Waals surface area contributed by atoms with Crippen molar-refractivity contribution in [1.82, 2.24) is 9.97 Å². The van der Waals surface area contributed by atoms with Gasteiger partial charge in [0.1, 0.15) is 0 Å². The van der Waals surface area contributed by atoms with Gasteiger partial charge in [-0.3, -0.25) is 0 Å². The first-order valence-corrected chi connectivity index (χ1v) is 5.90. The molecule has 1 aliphatic heterocycles. The topological polar surface area (TPSA) is 50.3 Å². The molecule has 0 radical (unpaired) electrons. The Bertz CT molecular complexity index is 368. The van der Waals surface area contributed by atoms with Gasteiger partial charge < -0.3 is 15.0 Å². The molecule has 0 aliphatic carbocycles. The van der Waals surface area contributed by atoms with E-state index in [1.165, 1.54) is 6.20 Å². The molecule has 1 aliphatic rings. The monoisotopic (exact) mass is 240 g/mol. The largest absolute Gasteiger partial charge is 0.378 e. The number of morpholine rings is 1. The van der Waals surface area contributed by atoms with Gasteiger partial charge in [0, 0.05) is 19.6 Å². The van der Waals surface area contributed by atoms with Crippen molar-refractivity contribution in [3.8, 4) is 0 Å². The average Bonchev–Trinajstić information content (AvgIpc) is 2.39. The van der Waals surface area contributed by atoms with Crippen molar-refractivity contribution in [1.29, 1.82) is 0 Å². The Morgan fingerprint density at radius 1 is 1.47 bits per heavy atom. The predicted molar refractivity (Wildman–Crippen MR) is 63.8 cm³/mol. The highest BCUT2D eigenvalue weighted by atomic mass is 19.1. The summed E-state index contributed by atoms with van der Waals surface area (Å²) in [6.45, 7) is 5.40. The molecule has 2 rings (SSSR count). The average molecular weight is 240 g/mol. The summed E-state index contributed by atoms with van der Waals surface area (Å²) < 4.78 is 18.9. The molecule has 1 N–H and O–H groups in total. The van der Waals surface area contributed by atoms with Crippen LogP contribution in [0.15, 0.2) is 6.20 Å². The number of hydrogen-bond donors (Lipinski definition) is 1. The summed E-state index contributed by atoms with van der Waals surface area (Å²) in [6, 6.07) is 0. The minimum atomic E-state index is -0.381. The van der Waals surface area contributed by atoms with Gasteiger partial charge in [-0.1, -0.05) is 6.92 Å². The third-order valence-corrected chi connectivity index (χ3v) is 2.57. The maximum atomic E-state index is 13.6. The van der Waals surface area contributed by atoms with Crippen molar-refractivity contribution < 1.29 is 9.13 Å². The van der Waals surface area contributed by atoms with Gasteiger partial charge in [-0.25, -0.2) is 9.37 Å². The van der Waals surface area contributed by atoms with Crippen molar-refractivity contribution in [2.45, 2.75) is 13.3 Å². The highest BCUT2D eigenvalue weighted by molar-refractivity contribution is 5.44. The molecule has 6 heteroatoms. The quantitative estimate of drug-likeness (QED) is 0.859. The van der Waals surface area contributed by atoms with E-state index in [1.54, 1.807) is 0 Å². The van der Waals surface area contributed by atoms with E-state index >= 15 is 0 Å². The molecule has 0 saturated carbocycles. The summed E-state index contributed by atoms with van der Waals surface area (Å²) >= 11 is 0.